The van der Waals surface area contributed by atoms with Crippen molar-refractivity contribution in [3.63, 3.8) is 0 Å². The number of rotatable bonds is 6. The Bertz CT molecular complexity index is 2970. The molecule has 0 fully saturated rings. The van der Waals surface area contributed by atoms with Gasteiger partial charge in [-0.3, -0.25) is 0 Å². The van der Waals surface area contributed by atoms with E-state index in [4.69, 9.17) is 23.2 Å². The molecule has 0 aliphatic rings. The minimum Gasteiger partial charge on any atom is -0.208 e. The van der Waals surface area contributed by atoms with Gasteiger partial charge in [0.15, 0.2) is 17.5 Å². The summed E-state index contributed by atoms with van der Waals surface area (Å²) in [6, 6.07) is 42.0. The molecule has 9 rings (SSSR count). The van der Waals surface area contributed by atoms with Gasteiger partial charge in [0, 0.05) is 36.9 Å². The van der Waals surface area contributed by atoms with Gasteiger partial charge in [0.1, 0.15) is 0 Å². The third kappa shape index (κ3) is 5.69. The van der Waals surface area contributed by atoms with E-state index in [1.807, 2.05) is 72.8 Å². The molecule has 0 aliphatic carbocycles. The van der Waals surface area contributed by atoms with Crippen LogP contribution in [0.15, 0.2) is 176 Å². The van der Waals surface area contributed by atoms with Gasteiger partial charge in [-0.25, -0.2) is 15.0 Å². The van der Waals surface area contributed by atoms with Crippen molar-refractivity contribution in [2.75, 3.05) is 0 Å². The van der Waals surface area contributed by atoms with Gasteiger partial charge in [-0.05, 0) is 57.6 Å². The van der Waals surface area contributed by atoms with Crippen LogP contribution in [-0.4, -0.2) is 15.0 Å². The van der Waals surface area contributed by atoms with Gasteiger partial charge in [-0.2, -0.15) is 0 Å². The van der Waals surface area contributed by atoms with Gasteiger partial charge >= 0.3 is 0 Å². The summed E-state index contributed by atoms with van der Waals surface area (Å²) in [4.78, 5) is 14.9. The molecular formula is C45H29N3S. The monoisotopic (exact) mass is 650 g/mol. The van der Waals surface area contributed by atoms with Crippen molar-refractivity contribution in [2.45, 2.75) is 0 Å². The van der Waals surface area contributed by atoms with Crippen molar-refractivity contribution >= 4 is 31.5 Å². The molecule has 0 N–H and O–H groups in total. The van der Waals surface area contributed by atoms with Crippen LogP contribution in [0.25, 0.3) is 87.7 Å². The van der Waals surface area contributed by atoms with E-state index in [-0.39, 0.29) is 57.3 Å². The van der Waals surface area contributed by atoms with E-state index in [0.29, 0.717) is 33.3 Å². The predicted octanol–water partition coefficient (Wildman–Crippen LogP) is 12.2. The average Bonchev–Trinajstić information content (AvgIpc) is 3.67. The number of nitrogens with zero attached hydrogens (tertiary/aromatic N) is 3. The van der Waals surface area contributed by atoms with Crippen molar-refractivity contribution in [3.8, 4) is 67.5 Å². The lowest BCUT2D eigenvalue weighted by Gasteiger charge is -2.11. The predicted molar refractivity (Wildman–Crippen MR) is 205 cm³/mol. The molecule has 2 heterocycles. The first-order valence-electron chi connectivity index (χ1n) is 19.3. The Balaban J connectivity index is 1.16. The molecule has 0 atom stereocenters. The second-order valence-electron chi connectivity index (χ2n) is 11.5. The van der Waals surface area contributed by atoms with Crippen LogP contribution in [0.4, 0.5) is 0 Å². The Morgan fingerprint density at radius 3 is 1.49 bits per heavy atom. The van der Waals surface area contributed by atoms with E-state index in [9.17, 15) is 1.37 Å². The maximum atomic E-state index is 9.24. The Labute approximate surface area is 298 Å². The normalized spacial score (nSPS) is 13.3. The number of hydrogen-bond donors (Lipinski definition) is 0. The first-order chi connectivity index (χ1) is 27.2. The fourth-order valence-corrected chi connectivity index (χ4v) is 6.83. The van der Waals surface area contributed by atoms with E-state index in [0.717, 1.165) is 44.7 Å². The lowest BCUT2D eigenvalue weighted by molar-refractivity contribution is 1.07. The van der Waals surface area contributed by atoms with Gasteiger partial charge in [0.05, 0.1) is 9.60 Å². The Kier molecular flexibility index (Phi) is 5.67. The first-order valence-corrected chi connectivity index (χ1v) is 16.6. The number of aromatic nitrogens is 3. The van der Waals surface area contributed by atoms with Crippen LogP contribution in [0.3, 0.4) is 0 Å². The van der Waals surface area contributed by atoms with Crippen LogP contribution >= 0.6 is 11.3 Å². The zero-order valence-electron chi connectivity index (χ0n) is 33.0. The molecule has 0 aliphatic heterocycles. The minimum atomic E-state index is -0.399. The van der Waals surface area contributed by atoms with Gasteiger partial charge in [0.25, 0.3) is 0 Å². The lowest BCUT2D eigenvalue weighted by atomic mass is 10.0. The standard InChI is InChI=1S/C45H29N3S/c1-3-10-30(11-4-1)32-18-22-34(23-19-32)43-46-44(48-45(47-43)38-15-9-14-36(28-38)31-12-5-2-6-13-31)35-24-20-33(21-25-35)37-26-27-42-40(29-37)39-16-7-8-17-41(39)49-42/h1-29H/i7D,8D,16D,17D,26D,27D,29D. The molecule has 0 bridgehead atoms. The van der Waals surface area contributed by atoms with E-state index >= 15 is 0 Å². The van der Waals surface area contributed by atoms with Gasteiger partial charge in [-0.1, -0.05) is 152 Å². The van der Waals surface area contributed by atoms with Crippen molar-refractivity contribution < 1.29 is 9.60 Å². The summed E-state index contributed by atoms with van der Waals surface area (Å²) in [5.74, 6) is 1.43. The van der Waals surface area contributed by atoms with Crippen LogP contribution in [-0.2, 0) is 0 Å². The highest BCUT2D eigenvalue weighted by atomic mass is 32.1. The van der Waals surface area contributed by atoms with Crippen molar-refractivity contribution in [1.29, 1.82) is 0 Å². The summed E-state index contributed by atoms with van der Waals surface area (Å²) in [6.07, 6.45) is 0. The van der Waals surface area contributed by atoms with Crippen molar-refractivity contribution in [3.05, 3.63) is 176 Å². The molecular weight excluding hydrogens is 615 g/mol. The average molecular weight is 651 g/mol. The van der Waals surface area contributed by atoms with Crippen LogP contribution in [0, 0.1) is 0 Å². The van der Waals surface area contributed by atoms with Gasteiger partial charge in [-0.15, -0.1) is 11.3 Å². The van der Waals surface area contributed by atoms with Crippen molar-refractivity contribution in [1.82, 2.24) is 15.0 Å². The Morgan fingerprint density at radius 1 is 0.367 bits per heavy atom. The SMILES string of the molecule is [2H]c1c([2H])c([2H])c2c(sc3c([2H])c([2H])c(-c4ccc(-c5nc(-c6ccc(-c7ccccc7)cc6)nc(-c6cccc(-c7ccccc7)c6)n5)cc4)c([2H])c32)c1[2H]. The van der Waals surface area contributed by atoms with Crippen molar-refractivity contribution in [2.24, 2.45) is 0 Å². The molecule has 0 radical (unpaired) electrons. The molecule has 9 aromatic rings. The zero-order valence-corrected chi connectivity index (χ0v) is 26.8. The first kappa shape index (κ1) is 22.4. The van der Waals surface area contributed by atoms with Gasteiger partial charge in [0.2, 0.25) is 0 Å². The zero-order chi connectivity index (χ0) is 38.7. The highest BCUT2D eigenvalue weighted by Crippen LogP contribution is 2.37. The largest absolute Gasteiger partial charge is 0.208 e. The van der Waals surface area contributed by atoms with E-state index in [1.54, 1.807) is 12.1 Å². The molecule has 4 heteroatoms. The highest BCUT2D eigenvalue weighted by Gasteiger charge is 2.14. The smallest absolute Gasteiger partial charge is 0.164 e. The van der Waals surface area contributed by atoms with Crippen LogP contribution in [0.1, 0.15) is 9.60 Å². The minimum absolute atomic E-state index is 0.0630. The summed E-state index contributed by atoms with van der Waals surface area (Å²) >= 11 is 1.02. The summed E-state index contributed by atoms with van der Waals surface area (Å²) in [5.41, 5.74) is 7.32. The van der Waals surface area contributed by atoms with E-state index in [2.05, 4.69) is 48.5 Å². The number of thiophene rings is 1. The highest BCUT2D eigenvalue weighted by molar-refractivity contribution is 7.25. The number of hydrogen-bond acceptors (Lipinski definition) is 4. The van der Waals surface area contributed by atoms with Crippen LogP contribution in [0.2, 0.25) is 0 Å². The Morgan fingerprint density at radius 2 is 0.837 bits per heavy atom. The molecule has 3 nitrogen and oxygen atoms in total. The maximum Gasteiger partial charge on any atom is 0.164 e. The number of benzene rings is 7. The van der Waals surface area contributed by atoms with Crippen LogP contribution < -0.4 is 0 Å². The molecule has 0 unspecified atom stereocenters. The Hall–Kier alpha value is -6.23. The molecule has 7 aromatic carbocycles. The van der Waals surface area contributed by atoms with E-state index < -0.39 is 6.04 Å². The fraction of sp³-hybridized carbons (Fsp3) is 0. The lowest BCUT2D eigenvalue weighted by Crippen LogP contribution is -2.00. The second kappa shape index (κ2) is 12.4. The fourth-order valence-electron chi connectivity index (χ4n) is 5.91. The summed E-state index contributed by atoms with van der Waals surface area (Å²) < 4.78 is 61.0. The molecule has 0 spiro atoms. The van der Waals surface area contributed by atoms with Crippen LogP contribution in [0.5, 0.6) is 0 Å². The quantitative estimate of drug-likeness (QED) is 0.180. The molecule has 49 heavy (non-hydrogen) atoms. The van der Waals surface area contributed by atoms with Gasteiger partial charge < -0.3 is 0 Å². The second-order valence-corrected chi connectivity index (χ2v) is 12.6. The summed E-state index contributed by atoms with van der Waals surface area (Å²) in [5, 5.41) is 0.450. The van der Waals surface area contributed by atoms with E-state index in [1.165, 1.54) is 0 Å². The maximum absolute atomic E-state index is 9.24. The third-order valence-corrected chi connectivity index (χ3v) is 9.45. The third-order valence-electron chi connectivity index (χ3n) is 8.43. The molecule has 230 valence electrons. The molecule has 0 saturated heterocycles. The number of fused-ring (bicyclic) bond motifs is 3. The summed E-state index contributed by atoms with van der Waals surface area (Å²) in [7, 11) is 0. The molecule has 0 saturated carbocycles. The topological polar surface area (TPSA) is 38.7 Å². The molecule has 0 amide bonds. The molecule has 2 aromatic heterocycles. The summed E-state index contributed by atoms with van der Waals surface area (Å²) in [6.45, 7) is 0.